The van der Waals surface area contributed by atoms with E-state index in [1.807, 2.05) is 13.0 Å². The summed E-state index contributed by atoms with van der Waals surface area (Å²) in [6.45, 7) is 2.04. The Balaban J connectivity index is 1.80. The first-order valence-corrected chi connectivity index (χ1v) is 6.64. The number of nitrogens with zero attached hydrogens (tertiary/aromatic N) is 1. The van der Waals surface area contributed by atoms with Gasteiger partial charge in [0.25, 0.3) is 5.91 Å². The number of aliphatic imine (C=N–C) groups is 1. The van der Waals surface area contributed by atoms with Crippen LogP contribution in [0.2, 0.25) is 0 Å². The third-order valence-electron chi connectivity index (χ3n) is 3.37. The van der Waals surface area contributed by atoms with Crippen molar-refractivity contribution in [3.05, 3.63) is 59.2 Å². The van der Waals surface area contributed by atoms with Crippen LogP contribution in [0, 0.1) is 6.92 Å². The van der Waals surface area contributed by atoms with E-state index >= 15 is 0 Å². The molecule has 3 N–H and O–H groups in total. The zero-order valence-corrected chi connectivity index (χ0v) is 11.6. The Bertz CT molecular complexity index is 738. The molecule has 3 rings (SSSR count). The van der Waals surface area contributed by atoms with Gasteiger partial charge in [-0.3, -0.25) is 10.0 Å². The van der Waals surface area contributed by atoms with E-state index in [0.29, 0.717) is 5.56 Å². The van der Waals surface area contributed by atoms with Gasteiger partial charge in [-0.05, 0) is 42.3 Å². The lowest BCUT2D eigenvalue weighted by molar-refractivity contribution is 0.0706. The number of hydroxylamine groups is 1. The Morgan fingerprint density at radius 2 is 2.10 bits per heavy atom. The second-order valence-electron chi connectivity index (χ2n) is 5.01. The van der Waals surface area contributed by atoms with E-state index in [1.165, 1.54) is 11.1 Å². The number of anilines is 1. The summed E-state index contributed by atoms with van der Waals surface area (Å²) in [5.41, 5.74) is 6.13. The van der Waals surface area contributed by atoms with E-state index in [0.717, 1.165) is 23.6 Å². The van der Waals surface area contributed by atoms with Gasteiger partial charge in [-0.15, -0.1) is 0 Å². The summed E-state index contributed by atoms with van der Waals surface area (Å²) >= 11 is 0. The molecule has 2 aromatic carbocycles. The lowest BCUT2D eigenvalue weighted by Gasteiger charge is -2.07. The number of rotatable bonds is 2. The third-order valence-corrected chi connectivity index (χ3v) is 3.37. The number of amidine groups is 1. The second kappa shape index (κ2) is 5.38. The minimum Gasteiger partial charge on any atom is -0.343 e. The predicted octanol–water partition coefficient (Wildman–Crippen LogP) is 2.81. The highest BCUT2D eigenvalue weighted by Gasteiger charge is 2.15. The molecule has 0 radical (unpaired) electrons. The maximum Gasteiger partial charge on any atom is 0.274 e. The lowest BCUT2D eigenvalue weighted by atomic mass is 10.1. The van der Waals surface area contributed by atoms with Crippen LogP contribution in [0.5, 0.6) is 0 Å². The number of carbonyl (C=O) groups excluding carboxylic acids is 1. The van der Waals surface area contributed by atoms with Crippen LogP contribution in [0.25, 0.3) is 0 Å². The van der Waals surface area contributed by atoms with Crippen molar-refractivity contribution in [2.75, 3.05) is 5.32 Å². The van der Waals surface area contributed by atoms with E-state index in [-0.39, 0.29) is 0 Å². The van der Waals surface area contributed by atoms with Crippen LogP contribution in [0.1, 0.15) is 21.5 Å². The first-order chi connectivity index (χ1) is 10.2. The SMILES string of the molecule is Cc1ccc2c(c1)N=C(Nc1cccc(C(=O)NO)c1)C2. The fraction of sp³-hybridized carbons (Fsp3) is 0.125. The van der Waals surface area contributed by atoms with Crippen molar-refractivity contribution >= 4 is 23.1 Å². The number of hydrogen-bond acceptors (Lipinski definition) is 4. The van der Waals surface area contributed by atoms with Gasteiger partial charge in [-0.2, -0.15) is 0 Å². The van der Waals surface area contributed by atoms with Crippen molar-refractivity contribution in [3.8, 4) is 0 Å². The molecular formula is C16H15N3O2. The molecule has 0 aromatic heterocycles. The molecule has 0 atom stereocenters. The van der Waals surface area contributed by atoms with Crippen LogP contribution < -0.4 is 10.8 Å². The van der Waals surface area contributed by atoms with Gasteiger partial charge >= 0.3 is 0 Å². The number of amides is 1. The largest absolute Gasteiger partial charge is 0.343 e. The molecular weight excluding hydrogens is 266 g/mol. The van der Waals surface area contributed by atoms with Crippen molar-refractivity contribution < 1.29 is 10.0 Å². The fourth-order valence-corrected chi connectivity index (χ4v) is 2.33. The third kappa shape index (κ3) is 2.78. The van der Waals surface area contributed by atoms with Crippen LogP contribution in [0.3, 0.4) is 0 Å². The Hall–Kier alpha value is -2.66. The van der Waals surface area contributed by atoms with Gasteiger partial charge in [0, 0.05) is 17.7 Å². The molecule has 0 bridgehead atoms. The van der Waals surface area contributed by atoms with Crippen molar-refractivity contribution in [2.24, 2.45) is 4.99 Å². The lowest BCUT2D eigenvalue weighted by Crippen LogP contribution is -2.19. The number of carbonyl (C=O) groups is 1. The number of aryl methyl sites for hydroxylation is 1. The Kier molecular flexibility index (Phi) is 3.41. The number of benzene rings is 2. The maximum atomic E-state index is 11.4. The smallest absolute Gasteiger partial charge is 0.274 e. The molecule has 1 aliphatic rings. The van der Waals surface area contributed by atoms with Gasteiger partial charge in [0.05, 0.1) is 5.69 Å². The number of hydrogen-bond donors (Lipinski definition) is 3. The maximum absolute atomic E-state index is 11.4. The first-order valence-electron chi connectivity index (χ1n) is 6.64. The van der Waals surface area contributed by atoms with Gasteiger partial charge < -0.3 is 5.32 Å². The summed E-state index contributed by atoms with van der Waals surface area (Å²) in [7, 11) is 0. The molecule has 0 saturated heterocycles. The topological polar surface area (TPSA) is 73.7 Å². The molecule has 5 heteroatoms. The van der Waals surface area contributed by atoms with Crippen molar-refractivity contribution in [3.63, 3.8) is 0 Å². The van der Waals surface area contributed by atoms with E-state index in [4.69, 9.17) is 5.21 Å². The molecule has 0 fully saturated rings. The molecule has 0 aliphatic carbocycles. The predicted molar refractivity (Wildman–Crippen MR) is 81.3 cm³/mol. The van der Waals surface area contributed by atoms with Gasteiger partial charge in [0.15, 0.2) is 0 Å². The van der Waals surface area contributed by atoms with Crippen LogP contribution in [0.4, 0.5) is 11.4 Å². The number of fused-ring (bicyclic) bond motifs is 1. The normalized spacial score (nSPS) is 12.6. The van der Waals surface area contributed by atoms with Crippen LogP contribution in [-0.2, 0) is 6.42 Å². The zero-order valence-electron chi connectivity index (χ0n) is 11.6. The van der Waals surface area contributed by atoms with Gasteiger partial charge in [-0.1, -0.05) is 18.2 Å². The number of nitrogens with one attached hydrogen (secondary N) is 2. The standard InChI is InChI=1S/C16H15N3O2/c1-10-5-6-11-9-15(18-14(11)7-10)17-13-4-2-3-12(8-13)16(20)19-21/h2-8,21H,9H2,1H3,(H,17,18)(H,19,20). The first kappa shape index (κ1) is 13.3. The van der Waals surface area contributed by atoms with Crippen LogP contribution in [0.15, 0.2) is 47.5 Å². The average molecular weight is 281 g/mol. The molecule has 106 valence electrons. The average Bonchev–Trinajstić information content (AvgIpc) is 2.88. The van der Waals surface area contributed by atoms with E-state index in [9.17, 15) is 4.79 Å². The zero-order chi connectivity index (χ0) is 14.8. The molecule has 1 heterocycles. The summed E-state index contributed by atoms with van der Waals surface area (Å²) in [5.74, 6) is 0.308. The summed E-state index contributed by atoms with van der Waals surface area (Å²) < 4.78 is 0. The highest BCUT2D eigenvalue weighted by atomic mass is 16.5. The molecule has 0 saturated carbocycles. The van der Waals surface area contributed by atoms with Crippen molar-refractivity contribution in [1.29, 1.82) is 0 Å². The summed E-state index contributed by atoms with van der Waals surface area (Å²) in [6, 6.07) is 13.1. The quantitative estimate of drug-likeness (QED) is 0.585. The second-order valence-corrected chi connectivity index (χ2v) is 5.01. The molecule has 1 aliphatic heterocycles. The molecule has 0 spiro atoms. The van der Waals surface area contributed by atoms with E-state index in [1.54, 1.807) is 23.7 Å². The monoisotopic (exact) mass is 281 g/mol. The van der Waals surface area contributed by atoms with Gasteiger partial charge in [0.1, 0.15) is 5.84 Å². The van der Waals surface area contributed by atoms with Crippen molar-refractivity contribution in [2.45, 2.75) is 13.3 Å². The van der Waals surface area contributed by atoms with E-state index < -0.39 is 5.91 Å². The molecule has 5 nitrogen and oxygen atoms in total. The van der Waals surface area contributed by atoms with E-state index in [2.05, 4.69) is 28.5 Å². The Labute approximate surface area is 122 Å². The van der Waals surface area contributed by atoms with Crippen LogP contribution in [-0.4, -0.2) is 17.0 Å². The fourth-order valence-electron chi connectivity index (χ4n) is 2.33. The Morgan fingerprint density at radius 1 is 1.24 bits per heavy atom. The summed E-state index contributed by atoms with van der Waals surface area (Å²) in [5, 5.41) is 11.9. The summed E-state index contributed by atoms with van der Waals surface area (Å²) in [6.07, 6.45) is 0.742. The molecule has 21 heavy (non-hydrogen) atoms. The van der Waals surface area contributed by atoms with Gasteiger partial charge in [0.2, 0.25) is 0 Å². The molecule has 2 aromatic rings. The Morgan fingerprint density at radius 3 is 2.90 bits per heavy atom. The van der Waals surface area contributed by atoms with Gasteiger partial charge in [-0.25, -0.2) is 10.5 Å². The highest BCUT2D eigenvalue weighted by Crippen LogP contribution is 2.28. The highest BCUT2D eigenvalue weighted by molar-refractivity contribution is 6.03. The van der Waals surface area contributed by atoms with Crippen LogP contribution >= 0.6 is 0 Å². The minimum atomic E-state index is -0.536. The summed E-state index contributed by atoms with van der Waals surface area (Å²) in [4.78, 5) is 16.0. The molecule has 0 unspecified atom stereocenters. The molecule has 1 amide bonds. The minimum absolute atomic E-state index is 0.384. The van der Waals surface area contributed by atoms with Crippen molar-refractivity contribution in [1.82, 2.24) is 5.48 Å².